The molecule has 4 amide bonds. The molecule has 2 aromatic heterocycles. The van der Waals surface area contributed by atoms with E-state index in [2.05, 4.69) is 25.9 Å². The number of nitrogens with zero attached hydrogens (tertiary/aromatic N) is 3. The molecule has 0 bridgehead atoms. The van der Waals surface area contributed by atoms with E-state index in [9.17, 15) is 24.0 Å². The number of ether oxygens (including phenoxy) is 2. The minimum absolute atomic E-state index is 0.0165. The molecule has 0 radical (unpaired) electrons. The number of Topliss-reactive ketones (excluding diaryl/α,β-unsaturated/α-hetero) is 1. The molecule has 1 aromatic carbocycles. The monoisotopic (exact) mass is 793 g/mol. The number of halogens is 1. The number of rotatable bonds is 15. The number of methoxy groups -OCH3 is 1. The first-order chi connectivity index (χ1) is 26.7. The van der Waals surface area contributed by atoms with Crippen molar-refractivity contribution in [2.24, 2.45) is 23.0 Å². The van der Waals surface area contributed by atoms with Crippen molar-refractivity contribution in [3.8, 4) is 11.6 Å². The second kappa shape index (κ2) is 17.5. The minimum atomic E-state index is -1.14. The summed E-state index contributed by atoms with van der Waals surface area (Å²) in [5.74, 6) is -2.60. The third-order valence-corrected chi connectivity index (χ3v) is 11.4. The number of ketones is 1. The largest absolute Gasteiger partial charge is 0.497 e. The molecular weight excluding hydrogens is 742 g/mol. The Balaban J connectivity index is 1.26. The smallest absolute Gasteiger partial charge is 0.296 e. The predicted octanol–water partition coefficient (Wildman–Crippen LogP) is 4.55. The number of likely N-dealkylation sites (tertiary alicyclic amines) is 1. The van der Waals surface area contributed by atoms with Crippen LogP contribution in [0.25, 0.3) is 11.1 Å². The van der Waals surface area contributed by atoms with Crippen LogP contribution >= 0.6 is 11.6 Å². The lowest BCUT2D eigenvalue weighted by Gasteiger charge is -2.37. The number of aromatic nitrogens is 2. The van der Waals surface area contributed by atoms with Crippen LogP contribution in [0.15, 0.2) is 40.9 Å². The molecule has 1 saturated heterocycles. The van der Waals surface area contributed by atoms with E-state index in [0.29, 0.717) is 21.9 Å². The lowest BCUT2D eigenvalue weighted by Crippen LogP contribution is -2.61. The van der Waals surface area contributed by atoms with Crippen molar-refractivity contribution in [2.75, 3.05) is 19.0 Å². The van der Waals surface area contributed by atoms with E-state index >= 15 is 0 Å². The third kappa shape index (κ3) is 9.71. The maximum atomic E-state index is 14.8. The number of hydrogen-bond acceptors (Lipinski definition) is 11. The van der Waals surface area contributed by atoms with Gasteiger partial charge in [0.25, 0.3) is 11.9 Å². The van der Waals surface area contributed by atoms with Gasteiger partial charge in [-0.15, -0.1) is 0 Å². The first kappa shape index (κ1) is 40.7. The predicted molar refractivity (Wildman–Crippen MR) is 208 cm³/mol. The number of carbonyl (C=O) groups is 5. The summed E-state index contributed by atoms with van der Waals surface area (Å²) in [6.07, 6.45) is 8.41. The third-order valence-electron chi connectivity index (χ3n) is 11.2. The van der Waals surface area contributed by atoms with Gasteiger partial charge in [-0.25, -0.2) is 4.98 Å². The SMILES string of the molecule is COc1ccc2oc(NC(C(=O)NC(C(=O)N3CC(Oc4ccc(Cl)cn4)C[C@@H]3C(=O)NC(CC3CCC3)C(=O)C(N)=O)C(C)(C)C)C3CCCCC3)nc2c1. The van der Waals surface area contributed by atoms with Crippen LogP contribution in [0.4, 0.5) is 6.01 Å². The zero-order chi connectivity index (χ0) is 40.1. The molecule has 5 N–H and O–H groups in total. The van der Waals surface area contributed by atoms with Crippen molar-refractivity contribution in [2.45, 2.75) is 115 Å². The second-order valence-electron chi connectivity index (χ2n) is 16.3. The van der Waals surface area contributed by atoms with Gasteiger partial charge in [0.15, 0.2) is 5.58 Å². The summed E-state index contributed by atoms with van der Waals surface area (Å²) in [5, 5.41) is 9.46. The Bertz CT molecular complexity index is 1900. The molecular formula is C40H52ClN7O8. The number of hydrogen-bond donors (Lipinski definition) is 4. The van der Waals surface area contributed by atoms with E-state index < -0.39 is 65.1 Å². The Kier molecular flexibility index (Phi) is 12.7. The van der Waals surface area contributed by atoms with Gasteiger partial charge in [-0.2, -0.15) is 4.98 Å². The van der Waals surface area contributed by atoms with Gasteiger partial charge in [0.05, 0.1) is 24.7 Å². The molecule has 16 heteroatoms. The molecule has 0 spiro atoms. The highest BCUT2D eigenvalue weighted by Crippen LogP contribution is 2.34. The standard InChI is InChI=1S/C40H52ClN7O8/c1-40(2,3)34(47-37(52)32(23-11-6-5-7-12-23)46-39-45-27-18-25(54-4)14-15-30(27)56-39)38(53)48-21-26(55-31-16-13-24(41)20-43-31)19-29(48)36(51)44-28(33(49)35(42)50)17-22-9-8-10-22/h13-16,18,20,22-23,26,28-29,32,34H,5-12,17,19,21H2,1-4H3,(H2,42,50)(H,44,51)(H,45,46)(H,47,52)/t26?,28?,29-,32?,34?/m1/s1. The quantitative estimate of drug-likeness (QED) is 0.157. The van der Waals surface area contributed by atoms with Gasteiger partial charge in [0, 0.05) is 24.8 Å². The molecule has 2 saturated carbocycles. The van der Waals surface area contributed by atoms with Crippen LogP contribution in [-0.2, 0) is 24.0 Å². The van der Waals surface area contributed by atoms with Crippen molar-refractivity contribution in [3.05, 3.63) is 41.6 Å². The number of carbonyl (C=O) groups excluding carboxylic acids is 5. The van der Waals surface area contributed by atoms with E-state index in [0.717, 1.165) is 51.4 Å². The van der Waals surface area contributed by atoms with Gasteiger partial charge >= 0.3 is 0 Å². The number of oxazole rings is 1. The van der Waals surface area contributed by atoms with E-state index in [1.165, 1.54) is 11.1 Å². The summed E-state index contributed by atoms with van der Waals surface area (Å²) in [6, 6.07) is 4.54. The van der Waals surface area contributed by atoms with Crippen LogP contribution in [0, 0.1) is 17.3 Å². The summed E-state index contributed by atoms with van der Waals surface area (Å²) in [7, 11) is 1.56. The fourth-order valence-corrected chi connectivity index (χ4v) is 7.96. The van der Waals surface area contributed by atoms with Gasteiger partial charge in [-0.05, 0) is 54.7 Å². The number of fused-ring (bicyclic) bond motifs is 1. The Morgan fingerprint density at radius 1 is 1.02 bits per heavy atom. The molecule has 56 heavy (non-hydrogen) atoms. The molecule has 2 aliphatic carbocycles. The summed E-state index contributed by atoms with van der Waals surface area (Å²) in [6.45, 7) is 5.50. The molecule has 3 aliphatic rings. The number of primary amides is 1. The normalized spacial score (nSPS) is 20.7. The first-order valence-electron chi connectivity index (χ1n) is 19.4. The van der Waals surface area contributed by atoms with Gasteiger partial charge in [0.1, 0.15) is 35.5 Å². The lowest BCUT2D eigenvalue weighted by molar-refractivity contribution is -0.145. The summed E-state index contributed by atoms with van der Waals surface area (Å²) in [4.78, 5) is 78.5. The average Bonchev–Trinajstić information content (AvgIpc) is 3.77. The molecule has 15 nitrogen and oxygen atoms in total. The summed E-state index contributed by atoms with van der Waals surface area (Å²) >= 11 is 6.03. The highest BCUT2D eigenvalue weighted by molar-refractivity contribution is 6.37. The lowest BCUT2D eigenvalue weighted by atomic mass is 9.80. The van der Waals surface area contributed by atoms with E-state index in [4.69, 9.17) is 31.2 Å². The Labute approximate surface area is 331 Å². The molecule has 3 fully saturated rings. The van der Waals surface area contributed by atoms with Crippen LogP contribution < -0.4 is 31.2 Å². The van der Waals surface area contributed by atoms with Gasteiger partial charge < -0.3 is 40.5 Å². The summed E-state index contributed by atoms with van der Waals surface area (Å²) in [5.41, 5.74) is 5.66. The molecule has 302 valence electrons. The number of amides is 4. The zero-order valence-electron chi connectivity index (χ0n) is 32.3. The Hall–Kier alpha value is -4.92. The van der Waals surface area contributed by atoms with Crippen LogP contribution in [0.2, 0.25) is 5.02 Å². The number of benzene rings is 1. The Morgan fingerprint density at radius 3 is 2.39 bits per heavy atom. The zero-order valence-corrected chi connectivity index (χ0v) is 33.1. The molecule has 4 unspecified atom stereocenters. The summed E-state index contributed by atoms with van der Waals surface area (Å²) < 4.78 is 17.5. The van der Waals surface area contributed by atoms with Gasteiger partial charge in [0.2, 0.25) is 29.4 Å². The fourth-order valence-electron chi connectivity index (χ4n) is 7.85. The molecule has 1 aliphatic heterocycles. The van der Waals surface area contributed by atoms with Gasteiger partial charge in [-0.1, -0.05) is 70.9 Å². The number of nitrogens with one attached hydrogen (secondary N) is 3. The fraction of sp³-hybridized carbons (Fsp3) is 0.575. The number of pyridine rings is 1. The van der Waals surface area contributed by atoms with Crippen LogP contribution in [0.5, 0.6) is 11.6 Å². The van der Waals surface area contributed by atoms with E-state index in [-0.39, 0.29) is 43.1 Å². The van der Waals surface area contributed by atoms with Crippen LogP contribution in [0.3, 0.4) is 0 Å². The molecule has 3 heterocycles. The van der Waals surface area contributed by atoms with E-state index in [1.807, 2.05) is 20.8 Å². The van der Waals surface area contributed by atoms with Crippen molar-refractivity contribution in [1.82, 2.24) is 25.5 Å². The van der Waals surface area contributed by atoms with Crippen molar-refractivity contribution >= 4 is 58.1 Å². The first-order valence-corrected chi connectivity index (χ1v) is 19.8. The maximum Gasteiger partial charge on any atom is 0.296 e. The molecule has 3 aromatic rings. The highest BCUT2D eigenvalue weighted by atomic mass is 35.5. The second-order valence-corrected chi connectivity index (χ2v) is 16.7. The van der Waals surface area contributed by atoms with E-state index in [1.54, 1.807) is 37.4 Å². The molecule has 5 atom stereocenters. The topological polar surface area (TPSA) is 208 Å². The van der Waals surface area contributed by atoms with Crippen LogP contribution in [-0.4, -0.2) is 88.2 Å². The number of anilines is 1. The molecule has 6 rings (SSSR count). The van der Waals surface area contributed by atoms with Crippen molar-refractivity contribution in [3.63, 3.8) is 0 Å². The maximum absolute atomic E-state index is 14.8. The van der Waals surface area contributed by atoms with Gasteiger partial charge in [-0.3, -0.25) is 24.0 Å². The highest BCUT2D eigenvalue weighted by Gasteiger charge is 2.47. The Morgan fingerprint density at radius 2 is 1.77 bits per heavy atom. The minimum Gasteiger partial charge on any atom is -0.497 e. The average molecular weight is 794 g/mol. The van der Waals surface area contributed by atoms with Crippen LogP contribution in [0.1, 0.15) is 85.0 Å². The number of nitrogens with two attached hydrogens (primary N) is 1. The van der Waals surface area contributed by atoms with Crippen molar-refractivity contribution in [1.29, 1.82) is 0 Å². The van der Waals surface area contributed by atoms with Crippen molar-refractivity contribution < 1.29 is 37.9 Å².